The molecule has 2 fully saturated rings. The number of hydrogen-bond acceptors (Lipinski definition) is 19. The minimum absolute atomic E-state index is 0.142. The Bertz CT molecular complexity index is 1870. The Hall–Kier alpha value is -5.79. The summed E-state index contributed by atoms with van der Waals surface area (Å²) in [5.41, 5.74) is 2.05. The van der Waals surface area contributed by atoms with E-state index in [1.54, 1.807) is 38.1 Å². The average Bonchev–Trinajstić information content (AvgIpc) is 3.13. The van der Waals surface area contributed by atoms with Crippen molar-refractivity contribution >= 4 is 41.8 Å². The second kappa shape index (κ2) is 20.9. The third kappa shape index (κ3) is 12.6. The van der Waals surface area contributed by atoms with E-state index in [9.17, 15) is 33.6 Å². The predicted molar refractivity (Wildman–Crippen MR) is 201 cm³/mol. The number of carbonyl (C=O) groups is 7. The maximum Gasteiger partial charge on any atom is 0.339 e. The van der Waals surface area contributed by atoms with Gasteiger partial charge in [0.1, 0.15) is 43.0 Å². The topological polar surface area (TPSA) is 230 Å². The van der Waals surface area contributed by atoms with Gasteiger partial charge in [-0.05, 0) is 56.2 Å². The van der Waals surface area contributed by atoms with Gasteiger partial charge in [-0.2, -0.15) is 0 Å². The normalized spacial score (nSPS) is 26.0. The van der Waals surface area contributed by atoms with Gasteiger partial charge in [-0.1, -0.05) is 17.7 Å². The summed E-state index contributed by atoms with van der Waals surface area (Å²) in [6.07, 6.45) is -16.3. The van der Waals surface area contributed by atoms with E-state index in [1.807, 2.05) is 6.92 Å². The first-order valence-corrected chi connectivity index (χ1v) is 18.8. The zero-order valence-corrected chi connectivity index (χ0v) is 34.9. The Morgan fingerprint density at radius 3 is 1.40 bits per heavy atom. The Labute approximate surface area is 346 Å². The quantitative estimate of drug-likeness (QED) is 0.185. The van der Waals surface area contributed by atoms with E-state index in [0.717, 1.165) is 47.1 Å². The molecule has 2 saturated heterocycles. The lowest BCUT2D eigenvalue weighted by atomic mass is 9.95. The number of rotatable bonds is 15. The molecular formula is C41H50O19. The smallest absolute Gasteiger partial charge is 0.339 e. The van der Waals surface area contributed by atoms with Crippen molar-refractivity contribution in [3.8, 4) is 11.5 Å². The highest BCUT2D eigenvalue weighted by Gasteiger charge is 2.58. The maximum absolute atomic E-state index is 14.2. The molecule has 0 spiro atoms. The Balaban J connectivity index is 1.93. The summed E-state index contributed by atoms with van der Waals surface area (Å²) in [5, 5.41) is 0. The lowest BCUT2D eigenvalue weighted by molar-refractivity contribution is -0.353. The van der Waals surface area contributed by atoms with Gasteiger partial charge in [0.05, 0.1) is 12.7 Å². The van der Waals surface area contributed by atoms with Crippen LogP contribution in [0, 0.1) is 20.8 Å². The van der Waals surface area contributed by atoms with Gasteiger partial charge in [0.15, 0.2) is 36.8 Å². The molecule has 328 valence electrons. The second-order valence-corrected chi connectivity index (χ2v) is 14.0. The SMILES string of the molecule is COc1ccc(O[C@@H]2O[C@H](COC(C)=O)[C@H](OC(C)=O)[C@H](O[C@H]3O[C@H](COC(C)=O)[C@H](OC(C)=O)[C@H](OC(C)=O)[C@H]3OC(=O)c3c(C)cc(C)cc3C)[C@H]2OC(C)=O)cc1. The summed E-state index contributed by atoms with van der Waals surface area (Å²) in [6, 6.07) is 9.70. The van der Waals surface area contributed by atoms with E-state index >= 15 is 0 Å². The third-order valence-corrected chi connectivity index (χ3v) is 9.02. The van der Waals surface area contributed by atoms with Crippen LogP contribution < -0.4 is 9.47 Å². The van der Waals surface area contributed by atoms with Crippen molar-refractivity contribution in [2.45, 2.75) is 124 Å². The minimum Gasteiger partial charge on any atom is -0.497 e. The summed E-state index contributed by atoms with van der Waals surface area (Å²) in [5.74, 6) is -5.30. The fourth-order valence-electron chi connectivity index (χ4n) is 6.85. The molecule has 4 rings (SSSR count). The van der Waals surface area contributed by atoms with E-state index in [1.165, 1.54) is 19.2 Å². The number of esters is 7. The van der Waals surface area contributed by atoms with E-state index in [4.69, 9.17) is 56.8 Å². The standard InChI is InChI=1S/C41H50O19/c1-19-15-20(2)32(21(3)16-19)39(48)59-38-35(54-26(8)46)33(52-24(6)44)30(17-50-22(4)42)58-41(38)60-36-34(53-25(7)45)31(18-51-23(5)43)57-40(37(36)55-27(9)47)56-29-13-11-28(49-10)12-14-29/h11-16,30-31,33-38,40-41H,17-18H2,1-10H3/t30-,31-,33+,34+,35+,36+,37-,38-,40-,41-/m1/s1. The molecule has 2 aromatic carbocycles. The first-order chi connectivity index (χ1) is 28.3. The molecule has 0 bridgehead atoms. The molecule has 0 N–H and O–H groups in total. The van der Waals surface area contributed by atoms with Crippen molar-refractivity contribution in [2.24, 2.45) is 0 Å². The van der Waals surface area contributed by atoms with Gasteiger partial charge in [-0.3, -0.25) is 28.8 Å². The molecule has 0 unspecified atom stereocenters. The molecule has 0 aromatic heterocycles. The van der Waals surface area contributed by atoms with Crippen molar-refractivity contribution in [3.05, 3.63) is 58.7 Å². The van der Waals surface area contributed by atoms with Gasteiger partial charge < -0.3 is 56.8 Å². The molecule has 10 atom stereocenters. The van der Waals surface area contributed by atoms with E-state index in [0.29, 0.717) is 16.9 Å². The summed E-state index contributed by atoms with van der Waals surface area (Å²) in [6.45, 7) is 10.6. The molecule has 2 aromatic rings. The highest BCUT2D eigenvalue weighted by molar-refractivity contribution is 5.93. The van der Waals surface area contributed by atoms with Crippen molar-refractivity contribution < 1.29 is 90.4 Å². The van der Waals surface area contributed by atoms with Crippen molar-refractivity contribution in [3.63, 3.8) is 0 Å². The number of hydrogen-bond donors (Lipinski definition) is 0. The van der Waals surface area contributed by atoms with E-state index < -0.39 is 116 Å². The zero-order chi connectivity index (χ0) is 44.4. The summed E-state index contributed by atoms with van der Waals surface area (Å²) in [7, 11) is 1.46. The van der Waals surface area contributed by atoms with Gasteiger partial charge in [0, 0.05) is 41.5 Å². The molecule has 0 saturated carbocycles. The lowest BCUT2D eigenvalue weighted by Crippen LogP contribution is -2.67. The molecule has 19 nitrogen and oxygen atoms in total. The third-order valence-electron chi connectivity index (χ3n) is 9.02. The Morgan fingerprint density at radius 2 is 0.933 bits per heavy atom. The van der Waals surface area contributed by atoms with Crippen LogP contribution in [0.1, 0.15) is 68.6 Å². The Kier molecular flexibility index (Phi) is 16.4. The molecule has 0 amide bonds. The van der Waals surface area contributed by atoms with Crippen LogP contribution >= 0.6 is 0 Å². The number of carbonyl (C=O) groups excluding carboxylic acids is 7. The fraction of sp³-hybridized carbons (Fsp3) is 0.537. The fourth-order valence-corrected chi connectivity index (χ4v) is 6.85. The van der Waals surface area contributed by atoms with Crippen molar-refractivity contribution in [2.75, 3.05) is 20.3 Å². The van der Waals surface area contributed by atoms with Crippen LogP contribution in [0.4, 0.5) is 0 Å². The number of methoxy groups -OCH3 is 1. The van der Waals surface area contributed by atoms with Crippen molar-refractivity contribution in [1.29, 1.82) is 0 Å². The van der Waals surface area contributed by atoms with Crippen LogP contribution in [0.15, 0.2) is 36.4 Å². The highest BCUT2D eigenvalue weighted by Crippen LogP contribution is 2.37. The number of ether oxygens (including phenoxy) is 12. The average molecular weight is 847 g/mol. The van der Waals surface area contributed by atoms with Gasteiger partial charge in [0.25, 0.3) is 0 Å². The summed E-state index contributed by atoms with van der Waals surface area (Å²) in [4.78, 5) is 89.1. The summed E-state index contributed by atoms with van der Waals surface area (Å²) < 4.78 is 69.8. The number of benzene rings is 2. The van der Waals surface area contributed by atoms with Gasteiger partial charge in [0.2, 0.25) is 6.29 Å². The van der Waals surface area contributed by atoms with Crippen LogP contribution in [0.5, 0.6) is 11.5 Å². The van der Waals surface area contributed by atoms with Gasteiger partial charge in [-0.25, -0.2) is 4.79 Å². The van der Waals surface area contributed by atoms with Crippen LogP contribution in [-0.4, -0.2) is 124 Å². The highest BCUT2D eigenvalue weighted by atomic mass is 16.8. The molecule has 0 aliphatic carbocycles. The van der Waals surface area contributed by atoms with Gasteiger partial charge >= 0.3 is 41.8 Å². The largest absolute Gasteiger partial charge is 0.497 e. The molecule has 2 aliphatic rings. The first kappa shape index (κ1) is 46.9. The first-order valence-electron chi connectivity index (χ1n) is 18.8. The molecular weight excluding hydrogens is 796 g/mol. The molecule has 19 heteroatoms. The molecule has 2 aliphatic heterocycles. The van der Waals surface area contributed by atoms with E-state index in [-0.39, 0.29) is 11.3 Å². The minimum atomic E-state index is -1.90. The van der Waals surface area contributed by atoms with Crippen LogP contribution in [0.25, 0.3) is 0 Å². The Morgan fingerprint density at radius 1 is 0.517 bits per heavy atom. The predicted octanol–water partition coefficient (Wildman–Crippen LogP) is 2.91. The van der Waals surface area contributed by atoms with Gasteiger partial charge in [-0.15, -0.1) is 0 Å². The molecule has 60 heavy (non-hydrogen) atoms. The monoisotopic (exact) mass is 846 g/mol. The van der Waals surface area contributed by atoms with Crippen LogP contribution in [0.3, 0.4) is 0 Å². The lowest BCUT2D eigenvalue weighted by Gasteiger charge is -2.48. The molecule has 2 heterocycles. The van der Waals surface area contributed by atoms with E-state index in [2.05, 4.69) is 0 Å². The van der Waals surface area contributed by atoms with Crippen LogP contribution in [0.2, 0.25) is 0 Å². The van der Waals surface area contributed by atoms with Crippen molar-refractivity contribution in [1.82, 2.24) is 0 Å². The second-order valence-electron chi connectivity index (χ2n) is 14.0. The number of aryl methyl sites for hydroxylation is 3. The maximum atomic E-state index is 14.2. The van der Waals surface area contributed by atoms with Crippen LogP contribution in [-0.2, 0) is 76.1 Å². The molecule has 0 radical (unpaired) electrons. The summed E-state index contributed by atoms with van der Waals surface area (Å²) >= 11 is 0. The zero-order valence-electron chi connectivity index (χ0n) is 34.9.